The van der Waals surface area contributed by atoms with Crippen LogP contribution < -0.4 is 29.8 Å². The van der Waals surface area contributed by atoms with Gasteiger partial charge in [0.05, 0.1) is 21.3 Å². The van der Waals surface area contributed by atoms with E-state index in [1.807, 2.05) is 12.1 Å². The van der Waals surface area contributed by atoms with Gasteiger partial charge in [-0.3, -0.25) is 20.4 Å². The molecule has 8 heteroatoms. The van der Waals surface area contributed by atoms with Crippen LogP contribution in [0.5, 0.6) is 23.0 Å². The average Bonchev–Trinajstić information content (AvgIpc) is 2.76. The fourth-order valence-electron chi connectivity index (χ4n) is 2.57. The largest absolute Gasteiger partial charge is 0.493 e. The second kappa shape index (κ2) is 10.2. The van der Waals surface area contributed by atoms with Crippen molar-refractivity contribution in [2.75, 3.05) is 21.3 Å². The van der Waals surface area contributed by atoms with E-state index in [0.29, 0.717) is 23.0 Å². The van der Waals surface area contributed by atoms with Crippen LogP contribution in [0.25, 0.3) is 0 Å². The number of benzene rings is 2. The summed E-state index contributed by atoms with van der Waals surface area (Å²) in [4.78, 5) is 24.7. The number of rotatable bonds is 8. The molecule has 2 rings (SSSR count). The molecule has 0 aromatic heterocycles. The van der Waals surface area contributed by atoms with Gasteiger partial charge in [0.25, 0.3) is 11.8 Å². The maximum Gasteiger partial charge on any atom is 0.279 e. The molecule has 0 radical (unpaired) electrons. The molecule has 2 amide bonds. The Kier molecular flexibility index (Phi) is 7.70. The predicted octanol–water partition coefficient (Wildman–Crippen LogP) is 2.50. The van der Waals surface area contributed by atoms with E-state index >= 15 is 0 Å². The molecule has 1 atom stereocenters. The molecule has 0 saturated heterocycles. The highest BCUT2D eigenvalue weighted by Crippen LogP contribution is 2.38. The van der Waals surface area contributed by atoms with Crippen LogP contribution in [0.4, 0.5) is 0 Å². The van der Waals surface area contributed by atoms with Crippen LogP contribution >= 0.6 is 0 Å². The number of aryl methyl sites for hydroxylation is 1. The fraction of sp³-hybridized carbons (Fsp3) is 0.333. The van der Waals surface area contributed by atoms with Crippen LogP contribution in [0.2, 0.25) is 0 Å². The summed E-state index contributed by atoms with van der Waals surface area (Å²) in [5, 5.41) is 0. The maximum atomic E-state index is 12.4. The maximum absolute atomic E-state index is 12.4. The molecule has 0 saturated carbocycles. The van der Waals surface area contributed by atoms with Gasteiger partial charge in [-0.1, -0.05) is 19.1 Å². The van der Waals surface area contributed by atoms with E-state index in [9.17, 15) is 9.59 Å². The third-order valence-corrected chi connectivity index (χ3v) is 4.24. The van der Waals surface area contributed by atoms with Crippen molar-refractivity contribution >= 4 is 11.8 Å². The summed E-state index contributed by atoms with van der Waals surface area (Å²) in [5.74, 6) is 0.557. The normalized spacial score (nSPS) is 11.2. The van der Waals surface area contributed by atoms with Crippen LogP contribution in [0.15, 0.2) is 36.4 Å². The van der Waals surface area contributed by atoms with Crippen molar-refractivity contribution in [3.8, 4) is 23.0 Å². The Bertz CT molecular complexity index is 826. The minimum atomic E-state index is -0.803. The van der Waals surface area contributed by atoms with Crippen molar-refractivity contribution in [2.45, 2.75) is 26.4 Å². The molecule has 0 spiro atoms. The Hall–Kier alpha value is -3.42. The van der Waals surface area contributed by atoms with Gasteiger partial charge < -0.3 is 18.9 Å². The van der Waals surface area contributed by atoms with E-state index in [2.05, 4.69) is 17.8 Å². The first-order valence-electron chi connectivity index (χ1n) is 9.09. The van der Waals surface area contributed by atoms with Crippen molar-refractivity contribution in [2.24, 2.45) is 0 Å². The van der Waals surface area contributed by atoms with Crippen LogP contribution in [0.3, 0.4) is 0 Å². The SMILES string of the molecule is CCc1ccc(O[C@@H](C)C(=O)NNC(=O)c2cc(OC)c(OC)c(OC)c2)cc1. The van der Waals surface area contributed by atoms with Crippen LogP contribution in [0.1, 0.15) is 29.8 Å². The lowest BCUT2D eigenvalue weighted by Gasteiger charge is -2.16. The van der Waals surface area contributed by atoms with Gasteiger partial charge in [0, 0.05) is 5.56 Å². The first-order chi connectivity index (χ1) is 13.9. The number of carbonyl (C=O) groups excluding carboxylic acids is 2. The molecule has 29 heavy (non-hydrogen) atoms. The van der Waals surface area contributed by atoms with Crippen molar-refractivity contribution in [1.29, 1.82) is 0 Å². The van der Waals surface area contributed by atoms with Crippen molar-refractivity contribution in [3.63, 3.8) is 0 Å². The molecule has 0 aliphatic rings. The summed E-state index contributed by atoms with van der Waals surface area (Å²) in [5.41, 5.74) is 6.10. The lowest BCUT2D eigenvalue weighted by atomic mass is 10.1. The second-order valence-electron chi connectivity index (χ2n) is 6.11. The summed E-state index contributed by atoms with van der Waals surface area (Å²) < 4.78 is 21.3. The van der Waals surface area contributed by atoms with Gasteiger partial charge >= 0.3 is 0 Å². The Morgan fingerprint density at radius 2 is 1.52 bits per heavy atom. The highest BCUT2D eigenvalue weighted by Gasteiger charge is 2.19. The summed E-state index contributed by atoms with van der Waals surface area (Å²) in [7, 11) is 4.37. The van der Waals surface area contributed by atoms with Gasteiger partial charge in [-0.2, -0.15) is 0 Å². The zero-order valence-corrected chi connectivity index (χ0v) is 17.2. The predicted molar refractivity (Wildman–Crippen MR) is 108 cm³/mol. The minimum Gasteiger partial charge on any atom is -0.493 e. The Labute approximate surface area is 170 Å². The number of hydrogen-bond acceptors (Lipinski definition) is 6. The van der Waals surface area contributed by atoms with E-state index in [4.69, 9.17) is 18.9 Å². The van der Waals surface area contributed by atoms with Crippen molar-refractivity contribution < 1.29 is 28.5 Å². The third kappa shape index (κ3) is 5.54. The van der Waals surface area contributed by atoms with E-state index in [-0.39, 0.29) is 5.56 Å². The molecular formula is C21H26N2O6. The number of methoxy groups -OCH3 is 3. The van der Waals surface area contributed by atoms with Gasteiger partial charge in [-0.25, -0.2) is 0 Å². The van der Waals surface area contributed by atoms with Crippen LogP contribution in [-0.2, 0) is 11.2 Å². The molecular weight excluding hydrogens is 376 g/mol. The topological polar surface area (TPSA) is 95.1 Å². The molecule has 0 heterocycles. The highest BCUT2D eigenvalue weighted by atomic mass is 16.5. The zero-order valence-electron chi connectivity index (χ0n) is 17.2. The molecule has 2 N–H and O–H groups in total. The molecule has 0 bridgehead atoms. The van der Waals surface area contributed by atoms with Crippen LogP contribution in [-0.4, -0.2) is 39.2 Å². The summed E-state index contributed by atoms with van der Waals surface area (Å²) in [6, 6.07) is 10.4. The van der Waals surface area contributed by atoms with Gasteiger partial charge in [0.15, 0.2) is 17.6 Å². The average molecular weight is 402 g/mol. The minimum absolute atomic E-state index is 0.225. The molecule has 2 aromatic carbocycles. The fourth-order valence-corrected chi connectivity index (χ4v) is 2.57. The van der Waals surface area contributed by atoms with E-state index in [1.165, 1.54) is 39.0 Å². The van der Waals surface area contributed by atoms with Gasteiger partial charge in [-0.05, 0) is 43.2 Å². The zero-order chi connectivity index (χ0) is 21.4. The first-order valence-corrected chi connectivity index (χ1v) is 9.09. The number of hydrazine groups is 1. The summed E-state index contributed by atoms with van der Waals surface area (Å²) in [6.45, 7) is 3.65. The van der Waals surface area contributed by atoms with E-state index in [1.54, 1.807) is 19.1 Å². The molecule has 0 aliphatic carbocycles. The van der Waals surface area contributed by atoms with Crippen molar-refractivity contribution in [3.05, 3.63) is 47.5 Å². The number of carbonyl (C=O) groups is 2. The molecule has 0 unspecified atom stereocenters. The molecule has 2 aromatic rings. The van der Waals surface area contributed by atoms with E-state index in [0.717, 1.165) is 6.42 Å². The smallest absolute Gasteiger partial charge is 0.279 e. The highest BCUT2D eigenvalue weighted by molar-refractivity contribution is 5.97. The number of hydrogen-bond donors (Lipinski definition) is 2. The molecule has 156 valence electrons. The number of amides is 2. The standard InChI is InChI=1S/C21H26N2O6/c1-6-14-7-9-16(10-8-14)29-13(2)20(24)22-23-21(25)15-11-17(26-3)19(28-5)18(12-15)27-4/h7-13H,6H2,1-5H3,(H,22,24)(H,23,25)/t13-/m0/s1. The lowest BCUT2D eigenvalue weighted by Crippen LogP contribution is -2.47. The van der Waals surface area contributed by atoms with E-state index < -0.39 is 17.9 Å². The van der Waals surface area contributed by atoms with Gasteiger partial charge in [0.1, 0.15) is 5.75 Å². The number of nitrogens with one attached hydrogen (secondary N) is 2. The third-order valence-electron chi connectivity index (χ3n) is 4.24. The van der Waals surface area contributed by atoms with Crippen molar-refractivity contribution in [1.82, 2.24) is 10.9 Å². The monoisotopic (exact) mass is 402 g/mol. The number of ether oxygens (including phenoxy) is 4. The van der Waals surface area contributed by atoms with Gasteiger partial charge in [0.2, 0.25) is 5.75 Å². The Morgan fingerprint density at radius 3 is 2.00 bits per heavy atom. The summed E-state index contributed by atoms with van der Waals surface area (Å²) >= 11 is 0. The lowest BCUT2D eigenvalue weighted by molar-refractivity contribution is -0.128. The second-order valence-corrected chi connectivity index (χ2v) is 6.11. The molecule has 8 nitrogen and oxygen atoms in total. The molecule has 0 aliphatic heterocycles. The van der Waals surface area contributed by atoms with Crippen LogP contribution in [0, 0.1) is 0 Å². The first kappa shape index (κ1) is 21.9. The quantitative estimate of drug-likeness (QED) is 0.659. The molecule has 0 fully saturated rings. The van der Waals surface area contributed by atoms with Gasteiger partial charge in [-0.15, -0.1) is 0 Å². The Balaban J connectivity index is 1.99. The summed E-state index contributed by atoms with van der Waals surface area (Å²) in [6.07, 6.45) is 0.117. The Morgan fingerprint density at radius 1 is 0.931 bits per heavy atom.